The number of methoxy groups -OCH3 is 1. The Hall–Kier alpha value is -2.54. The molecular formula is C18H23N3O4. The quantitative estimate of drug-likeness (QED) is 0.728. The van der Waals surface area contributed by atoms with E-state index in [2.05, 4.69) is 15.6 Å². The Balaban J connectivity index is 1.90. The third-order valence-corrected chi connectivity index (χ3v) is 4.05. The Bertz CT molecular complexity index is 820. The van der Waals surface area contributed by atoms with Crippen molar-refractivity contribution in [3.8, 4) is 0 Å². The number of anilines is 1. The van der Waals surface area contributed by atoms with Gasteiger partial charge in [-0.15, -0.1) is 0 Å². The van der Waals surface area contributed by atoms with Crippen molar-refractivity contribution in [1.82, 2.24) is 10.3 Å². The van der Waals surface area contributed by atoms with Gasteiger partial charge in [0.1, 0.15) is 5.60 Å². The van der Waals surface area contributed by atoms with Crippen LogP contribution < -0.4 is 10.6 Å². The summed E-state index contributed by atoms with van der Waals surface area (Å²) in [6.07, 6.45) is -0.503. The first-order chi connectivity index (χ1) is 11.8. The van der Waals surface area contributed by atoms with Crippen LogP contribution in [0.2, 0.25) is 0 Å². The van der Waals surface area contributed by atoms with Crippen LogP contribution in [0, 0.1) is 0 Å². The zero-order chi connectivity index (χ0) is 18.2. The van der Waals surface area contributed by atoms with E-state index in [4.69, 9.17) is 9.47 Å². The van der Waals surface area contributed by atoms with E-state index < -0.39 is 11.7 Å². The number of amides is 1. The van der Waals surface area contributed by atoms with Gasteiger partial charge in [0.15, 0.2) is 0 Å². The van der Waals surface area contributed by atoms with Crippen LogP contribution in [0.3, 0.4) is 0 Å². The number of aromatic amines is 1. The average Bonchev–Trinajstić information content (AvgIpc) is 2.89. The van der Waals surface area contributed by atoms with E-state index >= 15 is 0 Å². The average molecular weight is 345 g/mol. The lowest BCUT2D eigenvalue weighted by molar-refractivity contribution is -0.142. The standard InChI is InChI=1S/C18H23N3O4/c1-18(2,3)25-17(23)20-10-5-6-11-13(7-10)21-14-9-19-8-12(15(11)14)16(22)24-4/h5-7,12,19,21H,8-9H2,1-4H3,(H,20,23). The lowest BCUT2D eigenvalue weighted by Crippen LogP contribution is -2.32. The molecule has 0 bridgehead atoms. The van der Waals surface area contributed by atoms with Crippen LogP contribution in [0.4, 0.5) is 10.5 Å². The van der Waals surface area contributed by atoms with Crippen molar-refractivity contribution in [2.45, 2.75) is 38.8 Å². The topological polar surface area (TPSA) is 92.5 Å². The second kappa shape index (κ2) is 6.40. The lowest BCUT2D eigenvalue weighted by atomic mass is 9.93. The Morgan fingerprint density at radius 3 is 2.72 bits per heavy atom. The first-order valence-electron chi connectivity index (χ1n) is 8.21. The second-order valence-corrected chi connectivity index (χ2v) is 7.11. The Morgan fingerprint density at radius 1 is 1.28 bits per heavy atom. The molecule has 0 fully saturated rings. The van der Waals surface area contributed by atoms with Gasteiger partial charge in [0.25, 0.3) is 0 Å². The van der Waals surface area contributed by atoms with E-state index in [1.54, 1.807) is 6.07 Å². The summed E-state index contributed by atoms with van der Waals surface area (Å²) in [4.78, 5) is 27.3. The van der Waals surface area contributed by atoms with E-state index in [9.17, 15) is 9.59 Å². The minimum atomic E-state index is -0.556. The summed E-state index contributed by atoms with van der Waals surface area (Å²) in [6.45, 7) is 6.65. The smallest absolute Gasteiger partial charge is 0.412 e. The highest BCUT2D eigenvalue weighted by molar-refractivity contribution is 5.95. The van der Waals surface area contributed by atoms with E-state index in [0.29, 0.717) is 18.8 Å². The molecule has 134 valence electrons. The highest BCUT2D eigenvalue weighted by Crippen LogP contribution is 2.34. The lowest BCUT2D eigenvalue weighted by Gasteiger charge is -2.21. The van der Waals surface area contributed by atoms with Crippen LogP contribution in [0.15, 0.2) is 18.2 Å². The van der Waals surface area contributed by atoms with Crippen LogP contribution in [0.25, 0.3) is 10.9 Å². The molecule has 2 heterocycles. The molecule has 2 aromatic rings. The molecular weight excluding hydrogens is 322 g/mol. The van der Waals surface area contributed by atoms with Crippen LogP contribution in [0.5, 0.6) is 0 Å². The number of hydrogen-bond donors (Lipinski definition) is 3. The normalized spacial score (nSPS) is 17.0. The molecule has 1 unspecified atom stereocenters. The molecule has 1 aromatic heterocycles. The number of fused-ring (bicyclic) bond motifs is 3. The summed E-state index contributed by atoms with van der Waals surface area (Å²) in [5.74, 6) is -0.600. The first kappa shape index (κ1) is 17.3. The number of carbonyl (C=O) groups excluding carboxylic acids is 2. The molecule has 7 heteroatoms. The number of carbonyl (C=O) groups is 2. The maximum Gasteiger partial charge on any atom is 0.412 e. The fourth-order valence-corrected chi connectivity index (χ4v) is 3.10. The third kappa shape index (κ3) is 3.61. The van der Waals surface area contributed by atoms with Gasteiger partial charge in [-0.1, -0.05) is 6.07 Å². The Kier molecular flexibility index (Phi) is 4.43. The molecule has 0 saturated carbocycles. The number of benzene rings is 1. The number of H-pyrrole nitrogens is 1. The molecule has 0 saturated heterocycles. The highest BCUT2D eigenvalue weighted by Gasteiger charge is 2.30. The van der Waals surface area contributed by atoms with Gasteiger partial charge in [-0.25, -0.2) is 4.79 Å². The number of nitrogens with one attached hydrogen (secondary N) is 3. The summed E-state index contributed by atoms with van der Waals surface area (Å²) < 4.78 is 10.2. The molecule has 1 aromatic carbocycles. The van der Waals surface area contributed by atoms with E-state index in [0.717, 1.165) is 22.2 Å². The van der Waals surface area contributed by atoms with Gasteiger partial charge in [0.05, 0.1) is 13.0 Å². The highest BCUT2D eigenvalue weighted by atomic mass is 16.6. The molecule has 25 heavy (non-hydrogen) atoms. The first-order valence-corrected chi connectivity index (χ1v) is 8.21. The van der Waals surface area contributed by atoms with Gasteiger partial charge < -0.3 is 19.8 Å². The molecule has 0 spiro atoms. The summed E-state index contributed by atoms with van der Waals surface area (Å²) in [6, 6.07) is 5.54. The van der Waals surface area contributed by atoms with Gasteiger partial charge in [-0.3, -0.25) is 10.1 Å². The van der Waals surface area contributed by atoms with Crippen LogP contribution >= 0.6 is 0 Å². The fourth-order valence-electron chi connectivity index (χ4n) is 3.10. The molecule has 1 atom stereocenters. The zero-order valence-corrected chi connectivity index (χ0v) is 14.9. The Morgan fingerprint density at radius 2 is 2.04 bits per heavy atom. The number of ether oxygens (including phenoxy) is 2. The predicted octanol–water partition coefficient (Wildman–Crippen LogP) is 2.87. The molecule has 1 aliphatic heterocycles. The van der Waals surface area contributed by atoms with E-state index in [1.807, 2.05) is 32.9 Å². The monoisotopic (exact) mass is 345 g/mol. The maximum atomic E-state index is 12.1. The second-order valence-electron chi connectivity index (χ2n) is 7.11. The van der Waals surface area contributed by atoms with Crippen molar-refractivity contribution < 1.29 is 19.1 Å². The third-order valence-electron chi connectivity index (χ3n) is 4.05. The van der Waals surface area contributed by atoms with Crippen LogP contribution in [0.1, 0.15) is 37.9 Å². The van der Waals surface area contributed by atoms with Crippen molar-refractivity contribution in [3.63, 3.8) is 0 Å². The van der Waals surface area contributed by atoms with Gasteiger partial charge in [-0.05, 0) is 38.5 Å². The van der Waals surface area contributed by atoms with Gasteiger partial charge >= 0.3 is 12.1 Å². The van der Waals surface area contributed by atoms with Gasteiger partial charge in [0.2, 0.25) is 0 Å². The molecule has 3 rings (SSSR count). The zero-order valence-electron chi connectivity index (χ0n) is 14.9. The molecule has 0 radical (unpaired) electrons. The predicted molar refractivity (Wildman–Crippen MR) is 94.6 cm³/mol. The van der Waals surface area contributed by atoms with E-state index in [1.165, 1.54) is 7.11 Å². The van der Waals surface area contributed by atoms with Gasteiger partial charge in [0, 0.05) is 35.4 Å². The molecule has 1 amide bonds. The van der Waals surface area contributed by atoms with Crippen molar-refractivity contribution >= 4 is 28.7 Å². The summed E-state index contributed by atoms with van der Waals surface area (Å²) >= 11 is 0. The number of rotatable bonds is 2. The van der Waals surface area contributed by atoms with Crippen molar-refractivity contribution in [1.29, 1.82) is 0 Å². The maximum absolute atomic E-state index is 12.1. The number of aromatic nitrogens is 1. The SMILES string of the molecule is COC(=O)C1CNCc2[nH]c3cc(NC(=O)OC(C)(C)C)ccc3c21. The molecule has 3 N–H and O–H groups in total. The molecule has 0 aliphatic carbocycles. The van der Waals surface area contributed by atoms with E-state index in [-0.39, 0.29) is 11.9 Å². The molecule has 1 aliphatic rings. The number of hydrogen-bond acceptors (Lipinski definition) is 5. The summed E-state index contributed by atoms with van der Waals surface area (Å²) in [5.41, 5.74) is 2.86. The Labute approximate surface area is 146 Å². The molecule has 7 nitrogen and oxygen atoms in total. The van der Waals surface area contributed by atoms with Crippen LogP contribution in [-0.4, -0.2) is 36.3 Å². The largest absolute Gasteiger partial charge is 0.469 e. The van der Waals surface area contributed by atoms with Crippen molar-refractivity contribution in [2.24, 2.45) is 0 Å². The number of esters is 1. The summed E-state index contributed by atoms with van der Waals surface area (Å²) in [5, 5.41) is 6.91. The summed E-state index contributed by atoms with van der Waals surface area (Å²) in [7, 11) is 1.40. The minimum absolute atomic E-state index is 0.259. The van der Waals surface area contributed by atoms with Crippen molar-refractivity contribution in [3.05, 3.63) is 29.5 Å². The van der Waals surface area contributed by atoms with Crippen LogP contribution in [-0.2, 0) is 20.8 Å². The van der Waals surface area contributed by atoms with Gasteiger partial charge in [-0.2, -0.15) is 0 Å². The minimum Gasteiger partial charge on any atom is -0.469 e. The van der Waals surface area contributed by atoms with Crippen molar-refractivity contribution in [2.75, 3.05) is 19.0 Å². The fraction of sp³-hybridized carbons (Fsp3) is 0.444.